The number of hydrogen-bond donors (Lipinski definition) is 1. The minimum Gasteiger partial charge on any atom is -0.320 e. The van der Waals surface area contributed by atoms with Crippen LogP contribution in [0.5, 0.6) is 0 Å². The lowest BCUT2D eigenvalue weighted by Gasteiger charge is -2.13. The van der Waals surface area contributed by atoms with Gasteiger partial charge < -0.3 is 5.73 Å². The van der Waals surface area contributed by atoms with Gasteiger partial charge in [-0.2, -0.15) is 0 Å². The van der Waals surface area contributed by atoms with E-state index in [1.165, 1.54) is 5.56 Å². The summed E-state index contributed by atoms with van der Waals surface area (Å²) in [5, 5.41) is 1.08. The van der Waals surface area contributed by atoms with Crippen LogP contribution in [0, 0.1) is 6.92 Å². The van der Waals surface area contributed by atoms with E-state index >= 15 is 0 Å². The molecule has 2 N–H and O–H groups in total. The molecule has 1 atom stereocenters. The second kappa shape index (κ2) is 5.09. The number of rotatable bonds is 2. The Morgan fingerprint density at radius 2 is 1.47 bits per heavy atom. The van der Waals surface area contributed by atoms with Gasteiger partial charge in [0.2, 0.25) is 0 Å². The van der Waals surface area contributed by atoms with E-state index in [9.17, 15) is 0 Å². The molecule has 0 amide bonds. The highest BCUT2D eigenvalue weighted by molar-refractivity contribution is 6.42. The van der Waals surface area contributed by atoms with E-state index in [1.807, 2.05) is 36.4 Å². The normalized spacial score (nSPS) is 12.5. The van der Waals surface area contributed by atoms with Crippen molar-refractivity contribution >= 4 is 23.2 Å². The summed E-state index contributed by atoms with van der Waals surface area (Å²) in [7, 11) is 0. The smallest absolute Gasteiger partial charge is 0.0595 e. The molecule has 0 fully saturated rings. The van der Waals surface area contributed by atoms with Crippen molar-refractivity contribution in [3.63, 3.8) is 0 Å². The van der Waals surface area contributed by atoms with Crippen LogP contribution < -0.4 is 5.73 Å². The molecule has 0 aliphatic rings. The van der Waals surface area contributed by atoms with Crippen LogP contribution in [-0.4, -0.2) is 0 Å². The van der Waals surface area contributed by atoms with Crippen LogP contribution in [0.4, 0.5) is 0 Å². The predicted molar refractivity (Wildman–Crippen MR) is 73.7 cm³/mol. The molecule has 1 unspecified atom stereocenters. The van der Waals surface area contributed by atoms with Gasteiger partial charge in [0.1, 0.15) is 0 Å². The third kappa shape index (κ3) is 2.81. The zero-order valence-corrected chi connectivity index (χ0v) is 11.0. The standard InChI is InChI=1S/C14H13Cl2N/c1-9-2-4-10(5-3-9)14(17)11-6-7-12(15)13(16)8-11/h2-8,14H,17H2,1H3. The zero-order valence-electron chi connectivity index (χ0n) is 9.45. The molecule has 2 rings (SSSR count). The van der Waals surface area contributed by atoms with E-state index in [-0.39, 0.29) is 6.04 Å². The molecule has 3 heteroatoms. The SMILES string of the molecule is Cc1ccc(C(N)c2ccc(Cl)c(Cl)c2)cc1. The topological polar surface area (TPSA) is 26.0 Å². The summed E-state index contributed by atoms with van der Waals surface area (Å²) in [6.45, 7) is 2.05. The van der Waals surface area contributed by atoms with E-state index in [1.54, 1.807) is 6.07 Å². The summed E-state index contributed by atoms with van der Waals surface area (Å²) in [5.41, 5.74) is 9.43. The summed E-state index contributed by atoms with van der Waals surface area (Å²) in [5.74, 6) is 0. The van der Waals surface area contributed by atoms with Gasteiger partial charge in [0.05, 0.1) is 16.1 Å². The maximum absolute atomic E-state index is 6.18. The highest BCUT2D eigenvalue weighted by Gasteiger charge is 2.10. The molecule has 0 aliphatic heterocycles. The van der Waals surface area contributed by atoms with Crippen molar-refractivity contribution in [1.29, 1.82) is 0 Å². The van der Waals surface area contributed by atoms with E-state index in [4.69, 9.17) is 28.9 Å². The molecule has 0 aliphatic carbocycles. The lowest BCUT2D eigenvalue weighted by molar-refractivity contribution is 0.871. The van der Waals surface area contributed by atoms with E-state index in [2.05, 4.69) is 6.92 Å². The average molecular weight is 266 g/mol. The monoisotopic (exact) mass is 265 g/mol. The summed E-state index contributed by atoms with van der Waals surface area (Å²) in [6, 6.07) is 13.5. The summed E-state index contributed by atoms with van der Waals surface area (Å²) in [4.78, 5) is 0. The molecule has 0 spiro atoms. The van der Waals surface area contributed by atoms with Crippen LogP contribution >= 0.6 is 23.2 Å². The highest BCUT2D eigenvalue weighted by atomic mass is 35.5. The lowest BCUT2D eigenvalue weighted by atomic mass is 9.99. The molecular formula is C14H13Cl2N. The average Bonchev–Trinajstić information content (AvgIpc) is 2.33. The molecule has 0 saturated carbocycles. The van der Waals surface area contributed by atoms with Gasteiger partial charge in [0, 0.05) is 0 Å². The fourth-order valence-electron chi connectivity index (χ4n) is 1.67. The molecular weight excluding hydrogens is 253 g/mol. The highest BCUT2D eigenvalue weighted by Crippen LogP contribution is 2.27. The van der Waals surface area contributed by atoms with Crippen LogP contribution in [-0.2, 0) is 0 Å². The number of aryl methyl sites for hydroxylation is 1. The van der Waals surface area contributed by atoms with Gasteiger partial charge in [0.15, 0.2) is 0 Å². The first-order valence-electron chi connectivity index (χ1n) is 5.35. The van der Waals surface area contributed by atoms with Gasteiger partial charge in [-0.15, -0.1) is 0 Å². The van der Waals surface area contributed by atoms with Gasteiger partial charge in [0.25, 0.3) is 0 Å². The summed E-state index contributed by atoms with van der Waals surface area (Å²) < 4.78 is 0. The first-order valence-corrected chi connectivity index (χ1v) is 6.10. The van der Waals surface area contributed by atoms with E-state index in [0.717, 1.165) is 11.1 Å². The third-order valence-electron chi connectivity index (χ3n) is 2.74. The van der Waals surface area contributed by atoms with Gasteiger partial charge in [-0.05, 0) is 30.2 Å². The van der Waals surface area contributed by atoms with Crippen molar-refractivity contribution < 1.29 is 0 Å². The van der Waals surface area contributed by atoms with Crippen LogP contribution in [0.3, 0.4) is 0 Å². The van der Waals surface area contributed by atoms with Gasteiger partial charge in [-0.25, -0.2) is 0 Å². The Labute approximate surface area is 111 Å². The van der Waals surface area contributed by atoms with Crippen LogP contribution in [0.15, 0.2) is 42.5 Å². The molecule has 0 bridgehead atoms. The third-order valence-corrected chi connectivity index (χ3v) is 3.48. The van der Waals surface area contributed by atoms with Crippen molar-refractivity contribution in [3.05, 3.63) is 69.2 Å². The quantitative estimate of drug-likeness (QED) is 0.859. The molecule has 17 heavy (non-hydrogen) atoms. The van der Waals surface area contributed by atoms with Crippen LogP contribution in [0.2, 0.25) is 10.0 Å². The molecule has 0 heterocycles. The Balaban J connectivity index is 2.33. The second-order valence-electron chi connectivity index (χ2n) is 4.06. The number of benzene rings is 2. The molecule has 1 nitrogen and oxygen atoms in total. The molecule has 0 aromatic heterocycles. The maximum Gasteiger partial charge on any atom is 0.0595 e. The van der Waals surface area contributed by atoms with Crippen molar-refractivity contribution in [2.45, 2.75) is 13.0 Å². The summed E-state index contributed by atoms with van der Waals surface area (Å²) >= 11 is 11.9. The number of hydrogen-bond acceptors (Lipinski definition) is 1. The molecule has 0 saturated heterocycles. The van der Waals surface area contributed by atoms with Gasteiger partial charge in [-0.3, -0.25) is 0 Å². The molecule has 88 valence electrons. The maximum atomic E-state index is 6.18. The fourth-order valence-corrected chi connectivity index (χ4v) is 1.98. The zero-order chi connectivity index (χ0) is 12.4. The van der Waals surface area contributed by atoms with Crippen LogP contribution in [0.1, 0.15) is 22.7 Å². The van der Waals surface area contributed by atoms with Crippen molar-refractivity contribution in [1.82, 2.24) is 0 Å². The Hall–Kier alpha value is -1.02. The largest absolute Gasteiger partial charge is 0.320 e. The molecule has 0 radical (unpaired) electrons. The van der Waals surface area contributed by atoms with Gasteiger partial charge in [-0.1, -0.05) is 59.1 Å². The first kappa shape index (κ1) is 12.4. The fraction of sp³-hybridized carbons (Fsp3) is 0.143. The Morgan fingerprint density at radius 1 is 0.882 bits per heavy atom. The summed E-state index contributed by atoms with van der Waals surface area (Å²) in [6.07, 6.45) is 0. The van der Waals surface area contributed by atoms with E-state index < -0.39 is 0 Å². The van der Waals surface area contributed by atoms with Crippen molar-refractivity contribution in [2.24, 2.45) is 5.73 Å². The lowest BCUT2D eigenvalue weighted by Crippen LogP contribution is -2.11. The second-order valence-corrected chi connectivity index (χ2v) is 4.88. The van der Waals surface area contributed by atoms with E-state index in [0.29, 0.717) is 10.0 Å². The Morgan fingerprint density at radius 3 is 2.06 bits per heavy atom. The first-order chi connectivity index (χ1) is 8.08. The predicted octanol–water partition coefficient (Wildman–Crippen LogP) is 4.35. The molecule has 2 aromatic carbocycles. The Kier molecular flexibility index (Phi) is 3.72. The van der Waals surface area contributed by atoms with Gasteiger partial charge >= 0.3 is 0 Å². The van der Waals surface area contributed by atoms with Crippen LogP contribution in [0.25, 0.3) is 0 Å². The van der Waals surface area contributed by atoms with Crippen molar-refractivity contribution in [2.75, 3.05) is 0 Å². The number of halogens is 2. The number of nitrogens with two attached hydrogens (primary N) is 1. The minimum absolute atomic E-state index is 0.176. The Bertz CT molecular complexity index is 520. The van der Waals surface area contributed by atoms with Crippen molar-refractivity contribution in [3.8, 4) is 0 Å². The molecule has 2 aromatic rings. The minimum atomic E-state index is -0.176.